The number of halogens is 2. The summed E-state index contributed by atoms with van der Waals surface area (Å²) < 4.78 is 0. The Hall–Kier alpha value is -1.40. The maximum Gasteiger partial charge on any atom is 0.337 e. The highest BCUT2D eigenvalue weighted by molar-refractivity contribution is 8.93. The van der Waals surface area contributed by atoms with E-state index in [-0.39, 0.29) is 45.1 Å². The molecule has 0 aliphatic carbocycles. The van der Waals surface area contributed by atoms with E-state index >= 15 is 0 Å². The largest absolute Gasteiger partial charge is 0.478 e. The summed E-state index contributed by atoms with van der Waals surface area (Å²) in [6.07, 6.45) is 0. The Morgan fingerprint density at radius 1 is 0.833 bits per heavy atom. The van der Waals surface area contributed by atoms with Gasteiger partial charge in [-0.3, -0.25) is 0 Å². The molecule has 0 unspecified atom stereocenters. The molecule has 2 N–H and O–H groups in total. The van der Waals surface area contributed by atoms with Gasteiger partial charge < -0.3 is 10.2 Å². The van der Waals surface area contributed by atoms with Gasteiger partial charge >= 0.3 is 11.9 Å². The molecule has 0 radical (unpaired) electrons. The molecular weight excluding hydrogens is 368 g/mol. The Kier molecular flexibility index (Phi) is 6.00. The van der Waals surface area contributed by atoms with Gasteiger partial charge in [-0.05, 0) is 16.8 Å². The van der Waals surface area contributed by atoms with Crippen LogP contribution in [0.5, 0.6) is 0 Å². The van der Waals surface area contributed by atoms with E-state index in [0.29, 0.717) is 10.8 Å². The molecule has 0 amide bonds. The first-order valence-electron chi connectivity index (χ1n) is 4.59. The minimum absolute atomic E-state index is 0. The van der Waals surface area contributed by atoms with Crippen molar-refractivity contribution in [2.45, 2.75) is 0 Å². The highest BCUT2D eigenvalue weighted by Crippen LogP contribution is 2.22. The van der Waals surface area contributed by atoms with E-state index in [1.54, 1.807) is 30.3 Å². The lowest BCUT2D eigenvalue weighted by Crippen LogP contribution is -2.08. The normalized spacial score (nSPS) is 9.11. The van der Waals surface area contributed by atoms with E-state index in [9.17, 15) is 9.59 Å². The van der Waals surface area contributed by atoms with Crippen LogP contribution < -0.4 is 0 Å². The van der Waals surface area contributed by atoms with Crippen LogP contribution in [0, 0.1) is 0 Å². The second-order valence-electron chi connectivity index (χ2n) is 3.32. The topological polar surface area (TPSA) is 74.6 Å². The van der Waals surface area contributed by atoms with Crippen LogP contribution in [0.4, 0.5) is 0 Å². The maximum atomic E-state index is 11.1. The molecule has 0 aliphatic rings. The molecule has 96 valence electrons. The van der Waals surface area contributed by atoms with Gasteiger partial charge in [0.15, 0.2) is 0 Å². The third kappa shape index (κ3) is 2.88. The fourth-order valence-electron chi connectivity index (χ4n) is 1.68. The molecule has 0 heterocycles. The number of benzene rings is 2. The van der Waals surface area contributed by atoms with Crippen molar-refractivity contribution in [3.63, 3.8) is 0 Å². The SMILES string of the molecule is Br.Br.O=C(O)c1ccc2ccccc2c1C(=O)O. The van der Waals surface area contributed by atoms with E-state index in [1.807, 2.05) is 0 Å². The van der Waals surface area contributed by atoms with Crippen molar-refractivity contribution < 1.29 is 19.8 Å². The van der Waals surface area contributed by atoms with Crippen molar-refractivity contribution in [3.8, 4) is 0 Å². The number of carbonyl (C=O) groups is 2. The first-order valence-corrected chi connectivity index (χ1v) is 4.59. The van der Waals surface area contributed by atoms with Gasteiger partial charge in [0.1, 0.15) is 0 Å². The second kappa shape index (κ2) is 6.51. The summed E-state index contributed by atoms with van der Waals surface area (Å²) in [5.74, 6) is -2.46. The molecule has 0 aromatic heterocycles. The zero-order valence-corrected chi connectivity index (χ0v) is 12.4. The van der Waals surface area contributed by atoms with Crippen molar-refractivity contribution in [3.05, 3.63) is 47.5 Å². The first kappa shape index (κ1) is 16.6. The molecule has 2 aromatic rings. The van der Waals surface area contributed by atoms with Crippen molar-refractivity contribution >= 4 is 56.7 Å². The Labute approximate surface area is 124 Å². The summed E-state index contributed by atoms with van der Waals surface area (Å²) in [6, 6.07) is 9.72. The Bertz CT molecular complexity index is 596. The van der Waals surface area contributed by atoms with Crippen molar-refractivity contribution in [1.82, 2.24) is 0 Å². The Balaban J connectivity index is 0.00000144. The van der Waals surface area contributed by atoms with E-state index in [1.165, 1.54) is 6.07 Å². The van der Waals surface area contributed by atoms with Gasteiger partial charge in [-0.25, -0.2) is 9.59 Å². The molecule has 6 heteroatoms. The number of hydrogen-bond acceptors (Lipinski definition) is 2. The van der Waals surface area contributed by atoms with E-state index in [2.05, 4.69) is 0 Å². The van der Waals surface area contributed by atoms with Crippen LogP contribution >= 0.6 is 34.0 Å². The summed E-state index contributed by atoms with van der Waals surface area (Å²) in [5.41, 5.74) is -0.350. The molecule has 2 rings (SSSR count). The fraction of sp³-hybridized carbons (Fsp3) is 0. The summed E-state index contributed by atoms with van der Waals surface area (Å²) in [5, 5.41) is 19.1. The molecule has 0 saturated carbocycles. The van der Waals surface area contributed by atoms with Gasteiger partial charge in [-0.15, -0.1) is 34.0 Å². The fourth-order valence-corrected chi connectivity index (χ4v) is 1.68. The molecule has 0 aliphatic heterocycles. The number of fused-ring (bicyclic) bond motifs is 1. The number of aromatic carboxylic acids is 2. The zero-order chi connectivity index (χ0) is 11.7. The number of carboxylic acids is 2. The van der Waals surface area contributed by atoms with Gasteiger partial charge in [0, 0.05) is 0 Å². The van der Waals surface area contributed by atoms with Crippen LogP contribution in [-0.2, 0) is 0 Å². The number of rotatable bonds is 2. The molecule has 0 saturated heterocycles. The van der Waals surface area contributed by atoms with E-state index in [0.717, 1.165) is 0 Å². The summed E-state index contributed by atoms with van der Waals surface area (Å²) in [6.45, 7) is 0. The summed E-state index contributed by atoms with van der Waals surface area (Å²) in [7, 11) is 0. The quantitative estimate of drug-likeness (QED) is 0.841. The zero-order valence-electron chi connectivity index (χ0n) is 8.99. The highest BCUT2D eigenvalue weighted by Gasteiger charge is 2.18. The van der Waals surface area contributed by atoms with Crippen LogP contribution in [0.2, 0.25) is 0 Å². The Morgan fingerprint density at radius 3 is 2.00 bits per heavy atom. The monoisotopic (exact) mass is 376 g/mol. The predicted octanol–water partition coefficient (Wildman–Crippen LogP) is 3.39. The van der Waals surface area contributed by atoms with Gasteiger partial charge in [-0.2, -0.15) is 0 Å². The lowest BCUT2D eigenvalue weighted by atomic mass is 9.99. The van der Waals surface area contributed by atoms with Crippen LogP contribution in [0.25, 0.3) is 10.8 Å². The molecule has 4 nitrogen and oxygen atoms in total. The maximum absolute atomic E-state index is 11.1. The lowest BCUT2D eigenvalue weighted by Gasteiger charge is -2.05. The molecular formula is C12H10Br2O4. The average Bonchev–Trinajstić information content (AvgIpc) is 2.27. The van der Waals surface area contributed by atoms with Crippen LogP contribution in [0.15, 0.2) is 36.4 Å². The smallest absolute Gasteiger partial charge is 0.337 e. The minimum atomic E-state index is -1.23. The summed E-state index contributed by atoms with van der Waals surface area (Å²) >= 11 is 0. The van der Waals surface area contributed by atoms with Crippen molar-refractivity contribution in [2.24, 2.45) is 0 Å². The third-order valence-electron chi connectivity index (χ3n) is 2.37. The average molecular weight is 378 g/mol. The summed E-state index contributed by atoms with van der Waals surface area (Å²) in [4.78, 5) is 22.0. The van der Waals surface area contributed by atoms with Gasteiger partial charge in [0.05, 0.1) is 11.1 Å². The molecule has 18 heavy (non-hydrogen) atoms. The molecule has 0 bridgehead atoms. The third-order valence-corrected chi connectivity index (χ3v) is 2.37. The van der Waals surface area contributed by atoms with E-state index in [4.69, 9.17) is 10.2 Å². The standard InChI is InChI=1S/C12H8O4.2BrH/c13-11(14)9-6-5-7-3-1-2-4-8(7)10(9)12(15)16;;/h1-6H,(H,13,14)(H,15,16);2*1H. The van der Waals surface area contributed by atoms with Gasteiger partial charge in [0.2, 0.25) is 0 Å². The molecule has 0 spiro atoms. The second-order valence-corrected chi connectivity index (χ2v) is 3.32. The number of carboxylic acid groups (broad SMARTS) is 2. The van der Waals surface area contributed by atoms with Crippen LogP contribution in [0.1, 0.15) is 20.7 Å². The van der Waals surface area contributed by atoms with Crippen molar-refractivity contribution in [1.29, 1.82) is 0 Å². The molecule has 2 aromatic carbocycles. The number of hydrogen-bond donors (Lipinski definition) is 2. The predicted molar refractivity (Wildman–Crippen MR) is 78.5 cm³/mol. The first-order chi connectivity index (χ1) is 7.61. The minimum Gasteiger partial charge on any atom is -0.478 e. The Morgan fingerprint density at radius 2 is 1.44 bits per heavy atom. The highest BCUT2D eigenvalue weighted by atomic mass is 79.9. The van der Waals surface area contributed by atoms with Gasteiger partial charge in [-0.1, -0.05) is 30.3 Å². The van der Waals surface area contributed by atoms with Crippen LogP contribution in [0.3, 0.4) is 0 Å². The van der Waals surface area contributed by atoms with E-state index < -0.39 is 11.9 Å². The van der Waals surface area contributed by atoms with Crippen LogP contribution in [-0.4, -0.2) is 22.2 Å². The molecule has 0 fully saturated rings. The molecule has 0 atom stereocenters. The lowest BCUT2D eigenvalue weighted by molar-refractivity contribution is 0.0653. The van der Waals surface area contributed by atoms with Gasteiger partial charge in [0.25, 0.3) is 0 Å². The van der Waals surface area contributed by atoms with Crippen molar-refractivity contribution in [2.75, 3.05) is 0 Å².